The smallest absolute Gasteiger partial charge is 0.225 e. The second kappa shape index (κ2) is 14.2. The standard InChI is InChI=1S/C21H39N3/c1-4-6-8-10-12-14-18-24(19-15-13-11-9-7-5-2)21-22-17-16-20(3)23-21/h16-17H,4-15,18-19H2,1-3H3. The number of anilines is 1. The summed E-state index contributed by atoms with van der Waals surface area (Å²) in [5.41, 5.74) is 1.07. The molecular weight excluding hydrogens is 294 g/mol. The van der Waals surface area contributed by atoms with Crippen LogP contribution in [0, 0.1) is 6.92 Å². The van der Waals surface area contributed by atoms with Gasteiger partial charge in [-0.15, -0.1) is 0 Å². The highest BCUT2D eigenvalue weighted by atomic mass is 15.2. The average molecular weight is 334 g/mol. The SMILES string of the molecule is CCCCCCCCN(CCCCCCCC)c1nccc(C)n1. The Kier molecular flexibility index (Phi) is 12.4. The fraction of sp³-hybridized carbons (Fsp3) is 0.810. The van der Waals surface area contributed by atoms with E-state index in [1.165, 1.54) is 77.0 Å². The zero-order valence-electron chi connectivity index (χ0n) is 16.4. The zero-order chi connectivity index (χ0) is 17.5. The molecule has 1 aromatic rings. The molecule has 0 aliphatic carbocycles. The maximum Gasteiger partial charge on any atom is 0.225 e. The van der Waals surface area contributed by atoms with Crippen molar-refractivity contribution in [2.24, 2.45) is 0 Å². The first-order chi connectivity index (χ1) is 11.8. The maximum absolute atomic E-state index is 4.64. The van der Waals surface area contributed by atoms with Crippen molar-refractivity contribution in [2.45, 2.75) is 97.8 Å². The summed E-state index contributed by atoms with van der Waals surface area (Å²) in [7, 11) is 0. The molecule has 1 rings (SSSR count). The van der Waals surface area contributed by atoms with Crippen LogP contribution >= 0.6 is 0 Å². The van der Waals surface area contributed by atoms with E-state index in [0.29, 0.717) is 0 Å². The molecule has 0 unspecified atom stereocenters. The Balaban J connectivity index is 2.36. The number of hydrogen-bond acceptors (Lipinski definition) is 3. The van der Waals surface area contributed by atoms with Gasteiger partial charge in [-0.1, -0.05) is 78.1 Å². The van der Waals surface area contributed by atoms with E-state index in [-0.39, 0.29) is 0 Å². The quantitative estimate of drug-likeness (QED) is 0.352. The van der Waals surface area contributed by atoms with Gasteiger partial charge in [0, 0.05) is 25.0 Å². The predicted molar refractivity (Wildman–Crippen MR) is 106 cm³/mol. The van der Waals surface area contributed by atoms with E-state index in [1.807, 2.05) is 12.3 Å². The molecule has 138 valence electrons. The summed E-state index contributed by atoms with van der Waals surface area (Å²) in [6.07, 6.45) is 18.0. The number of rotatable bonds is 15. The Labute approximate surface area is 150 Å². The first-order valence-electron chi connectivity index (χ1n) is 10.3. The lowest BCUT2D eigenvalue weighted by molar-refractivity contribution is 0.570. The largest absolute Gasteiger partial charge is 0.341 e. The second-order valence-corrected chi connectivity index (χ2v) is 7.02. The minimum absolute atomic E-state index is 0.928. The first-order valence-corrected chi connectivity index (χ1v) is 10.3. The van der Waals surface area contributed by atoms with Gasteiger partial charge in [-0.3, -0.25) is 0 Å². The number of nitrogens with zero attached hydrogens (tertiary/aromatic N) is 3. The van der Waals surface area contributed by atoms with Crippen molar-refractivity contribution in [3.63, 3.8) is 0 Å². The van der Waals surface area contributed by atoms with Gasteiger partial charge in [0.1, 0.15) is 0 Å². The van der Waals surface area contributed by atoms with Gasteiger partial charge in [0.05, 0.1) is 0 Å². The van der Waals surface area contributed by atoms with Gasteiger partial charge in [-0.05, 0) is 25.8 Å². The van der Waals surface area contributed by atoms with Crippen LogP contribution in [0.15, 0.2) is 12.3 Å². The molecule has 0 aliphatic heterocycles. The van der Waals surface area contributed by atoms with Gasteiger partial charge in [-0.2, -0.15) is 0 Å². The normalized spacial score (nSPS) is 11.0. The number of aromatic nitrogens is 2. The molecule has 0 N–H and O–H groups in total. The summed E-state index contributed by atoms with van der Waals surface area (Å²) in [6.45, 7) is 8.81. The third-order valence-electron chi connectivity index (χ3n) is 4.63. The third-order valence-corrected chi connectivity index (χ3v) is 4.63. The number of hydrogen-bond donors (Lipinski definition) is 0. The van der Waals surface area contributed by atoms with Crippen LogP contribution in [-0.4, -0.2) is 23.1 Å². The zero-order valence-corrected chi connectivity index (χ0v) is 16.4. The Morgan fingerprint density at radius 3 is 1.75 bits per heavy atom. The van der Waals surface area contributed by atoms with Crippen LogP contribution in [0.1, 0.15) is 96.6 Å². The van der Waals surface area contributed by atoms with Gasteiger partial charge < -0.3 is 4.90 Å². The highest BCUT2D eigenvalue weighted by Crippen LogP contribution is 2.13. The predicted octanol–water partition coefficient (Wildman–Crippen LogP) is 6.31. The molecule has 3 heteroatoms. The minimum Gasteiger partial charge on any atom is -0.341 e. The lowest BCUT2D eigenvalue weighted by Crippen LogP contribution is -2.27. The van der Waals surface area contributed by atoms with E-state index in [1.54, 1.807) is 0 Å². The van der Waals surface area contributed by atoms with Gasteiger partial charge in [0.25, 0.3) is 0 Å². The molecule has 0 radical (unpaired) electrons. The van der Waals surface area contributed by atoms with Crippen LogP contribution in [0.4, 0.5) is 5.95 Å². The summed E-state index contributed by atoms with van der Waals surface area (Å²) in [5, 5.41) is 0. The molecule has 0 amide bonds. The Morgan fingerprint density at radius 1 is 0.750 bits per heavy atom. The molecule has 0 aromatic carbocycles. The van der Waals surface area contributed by atoms with E-state index in [9.17, 15) is 0 Å². The fourth-order valence-corrected chi connectivity index (χ4v) is 3.07. The molecule has 3 nitrogen and oxygen atoms in total. The minimum atomic E-state index is 0.928. The molecular formula is C21H39N3. The molecule has 0 spiro atoms. The monoisotopic (exact) mass is 333 g/mol. The van der Waals surface area contributed by atoms with Crippen molar-refractivity contribution in [1.82, 2.24) is 9.97 Å². The summed E-state index contributed by atoms with van der Waals surface area (Å²) in [6, 6.07) is 1.98. The molecule has 1 heterocycles. The second-order valence-electron chi connectivity index (χ2n) is 7.02. The van der Waals surface area contributed by atoms with Crippen molar-refractivity contribution in [3.8, 4) is 0 Å². The topological polar surface area (TPSA) is 29.0 Å². The molecule has 0 atom stereocenters. The van der Waals surface area contributed by atoms with Gasteiger partial charge in [-0.25, -0.2) is 9.97 Å². The molecule has 1 aromatic heterocycles. The Bertz CT molecular complexity index is 390. The summed E-state index contributed by atoms with van der Waals surface area (Å²) >= 11 is 0. The number of unbranched alkanes of at least 4 members (excludes halogenated alkanes) is 10. The van der Waals surface area contributed by atoms with Crippen LogP contribution in [-0.2, 0) is 0 Å². The van der Waals surface area contributed by atoms with Crippen LogP contribution in [0.2, 0.25) is 0 Å². The van der Waals surface area contributed by atoms with Crippen LogP contribution in [0.3, 0.4) is 0 Å². The van der Waals surface area contributed by atoms with Gasteiger partial charge in [0.2, 0.25) is 5.95 Å². The lowest BCUT2D eigenvalue weighted by atomic mass is 10.1. The maximum atomic E-state index is 4.64. The molecule has 0 saturated carbocycles. The van der Waals surface area contributed by atoms with Crippen LogP contribution in [0.25, 0.3) is 0 Å². The molecule has 0 aliphatic rings. The first kappa shape index (κ1) is 20.9. The van der Waals surface area contributed by atoms with E-state index in [0.717, 1.165) is 24.7 Å². The number of aryl methyl sites for hydroxylation is 1. The lowest BCUT2D eigenvalue weighted by Gasteiger charge is -2.23. The van der Waals surface area contributed by atoms with Crippen LogP contribution < -0.4 is 4.90 Å². The average Bonchev–Trinajstić information content (AvgIpc) is 2.59. The van der Waals surface area contributed by atoms with E-state index < -0.39 is 0 Å². The van der Waals surface area contributed by atoms with Crippen LogP contribution in [0.5, 0.6) is 0 Å². The summed E-state index contributed by atoms with van der Waals surface area (Å²) < 4.78 is 0. The molecule has 0 fully saturated rings. The van der Waals surface area contributed by atoms with E-state index in [4.69, 9.17) is 0 Å². The van der Waals surface area contributed by atoms with Crippen molar-refractivity contribution >= 4 is 5.95 Å². The summed E-state index contributed by atoms with van der Waals surface area (Å²) in [5.74, 6) is 0.928. The molecule has 0 saturated heterocycles. The van der Waals surface area contributed by atoms with Crippen molar-refractivity contribution in [1.29, 1.82) is 0 Å². The third kappa shape index (κ3) is 9.89. The van der Waals surface area contributed by atoms with E-state index in [2.05, 4.69) is 35.6 Å². The Morgan fingerprint density at radius 2 is 1.25 bits per heavy atom. The van der Waals surface area contributed by atoms with Crippen molar-refractivity contribution in [3.05, 3.63) is 18.0 Å². The summed E-state index contributed by atoms with van der Waals surface area (Å²) in [4.78, 5) is 11.6. The Hall–Kier alpha value is -1.12. The van der Waals surface area contributed by atoms with E-state index >= 15 is 0 Å². The molecule has 24 heavy (non-hydrogen) atoms. The van der Waals surface area contributed by atoms with Crippen molar-refractivity contribution < 1.29 is 0 Å². The highest BCUT2D eigenvalue weighted by molar-refractivity contribution is 5.29. The van der Waals surface area contributed by atoms with Gasteiger partial charge in [0.15, 0.2) is 0 Å². The van der Waals surface area contributed by atoms with Crippen molar-refractivity contribution in [2.75, 3.05) is 18.0 Å². The highest BCUT2D eigenvalue weighted by Gasteiger charge is 2.09. The molecule has 0 bridgehead atoms. The fourth-order valence-electron chi connectivity index (χ4n) is 3.07. The van der Waals surface area contributed by atoms with Gasteiger partial charge >= 0.3 is 0 Å².